The molecule has 0 aromatic carbocycles. The Morgan fingerprint density at radius 2 is 2.12 bits per heavy atom. The molecule has 0 bridgehead atoms. The Labute approximate surface area is 138 Å². The first-order valence-corrected chi connectivity index (χ1v) is 7.76. The van der Waals surface area contributed by atoms with Crippen LogP contribution in [-0.4, -0.2) is 32.6 Å². The SMILES string of the molecule is O=C(Nc1cn[nH]c1-c1ccccn1)c1ccnc2c1CNCC2. The highest BCUT2D eigenvalue weighted by molar-refractivity contribution is 6.06. The summed E-state index contributed by atoms with van der Waals surface area (Å²) in [5.41, 5.74) is 4.60. The van der Waals surface area contributed by atoms with Gasteiger partial charge >= 0.3 is 0 Å². The number of carbonyl (C=O) groups is 1. The molecular formula is C17H16N6O. The van der Waals surface area contributed by atoms with E-state index < -0.39 is 0 Å². The van der Waals surface area contributed by atoms with Crippen molar-refractivity contribution in [1.82, 2.24) is 25.5 Å². The van der Waals surface area contributed by atoms with Crippen LogP contribution in [0.4, 0.5) is 5.69 Å². The number of hydrogen-bond acceptors (Lipinski definition) is 5. The number of rotatable bonds is 3. The average molecular weight is 320 g/mol. The van der Waals surface area contributed by atoms with Gasteiger partial charge in [0.15, 0.2) is 0 Å². The third-order valence-electron chi connectivity index (χ3n) is 4.04. The largest absolute Gasteiger partial charge is 0.319 e. The number of aromatic nitrogens is 4. The normalized spacial score (nSPS) is 13.3. The van der Waals surface area contributed by atoms with Gasteiger partial charge in [-0.25, -0.2) is 0 Å². The molecule has 1 amide bonds. The summed E-state index contributed by atoms with van der Waals surface area (Å²) in [6, 6.07) is 7.34. The van der Waals surface area contributed by atoms with Crippen molar-refractivity contribution in [2.75, 3.05) is 11.9 Å². The summed E-state index contributed by atoms with van der Waals surface area (Å²) in [7, 11) is 0. The molecule has 1 aliphatic rings. The number of amides is 1. The summed E-state index contributed by atoms with van der Waals surface area (Å²) >= 11 is 0. The maximum absolute atomic E-state index is 12.7. The summed E-state index contributed by atoms with van der Waals surface area (Å²) in [6.45, 7) is 1.54. The fraction of sp³-hybridized carbons (Fsp3) is 0.176. The minimum atomic E-state index is -0.170. The van der Waals surface area contributed by atoms with Crippen LogP contribution in [0.15, 0.2) is 42.9 Å². The van der Waals surface area contributed by atoms with E-state index in [2.05, 4.69) is 30.8 Å². The van der Waals surface area contributed by atoms with Crippen molar-refractivity contribution in [2.45, 2.75) is 13.0 Å². The first kappa shape index (κ1) is 14.5. The zero-order valence-corrected chi connectivity index (χ0v) is 12.9. The highest BCUT2D eigenvalue weighted by Crippen LogP contribution is 2.24. The van der Waals surface area contributed by atoms with Gasteiger partial charge in [-0.05, 0) is 18.2 Å². The number of nitrogens with one attached hydrogen (secondary N) is 3. The van der Waals surface area contributed by atoms with E-state index in [0.29, 0.717) is 23.5 Å². The zero-order valence-electron chi connectivity index (χ0n) is 12.9. The minimum absolute atomic E-state index is 0.170. The highest BCUT2D eigenvalue weighted by Gasteiger charge is 2.20. The smallest absolute Gasteiger partial charge is 0.256 e. The Morgan fingerprint density at radius 1 is 1.17 bits per heavy atom. The van der Waals surface area contributed by atoms with Gasteiger partial charge in [0, 0.05) is 48.7 Å². The van der Waals surface area contributed by atoms with E-state index in [1.165, 1.54) is 0 Å². The van der Waals surface area contributed by atoms with Gasteiger partial charge in [0.1, 0.15) is 5.69 Å². The molecule has 3 aromatic heterocycles. The van der Waals surface area contributed by atoms with Gasteiger partial charge in [-0.1, -0.05) is 6.07 Å². The van der Waals surface area contributed by atoms with Crippen molar-refractivity contribution < 1.29 is 4.79 Å². The number of aromatic amines is 1. The van der Waals surface area contributed by atoms with Gasteiger partial charge in [0.2, 0.25) is 0 Å². The van der Waals surface area contributed by atoms with Gasteiger partial charge in [-0.3, -0.25) is 19.9 Å². The van der Waals surface area contributed by atoms with Gasteiger partial charge in [-0.15, -0.1) is 0 Å². The van der Waals surface area contributed by atoms with Crippen LogP contribution in [0.2, 0.25) is 0 Å². The molecule has 3 aromatic rings. The molecule has 4 rings (SSSR count). The zero-order chi connectivity index (χ0) is 16.4. The topological polar surface area (TPSA) is 95.6 Å². The van der Waals surface area contributed by atoms with E-state index in [4.69, 9.17) is 0 Å². The van der Waals surface area contributed by atoms with Crippen molar-refractivity contribution in [1.29, 1.82) is 0 Å². The van der Waals surface area contributed by atoms with Crippen LogP contribution in [0.1, 0.15) is 21.6 Å². The third kappa shape index (κ3) is 2.65. The molecule has 0 unspecified atom stereocenters. The van der Waals surface area contributed by atoms with Crippen molar-refractivity contribution in [3.8, 4) is 11.4 Å². The van der Waals surface area contributed by atoms with Crippen LogP contribution in [0.3, 0.4) is 0 Å². The molecule has 3 N–H and O–H groups in total. The molecule has 120 valence electrons. The van der Waals surface area contributed by atoms with Crippen molar-refractivity contribution in [2.24, 2.45) is 0 Å². The van der Waals surface area contributed by atoms with Gasteiger partial charge < -0.3 is 10.6 Å². The number of fused-ring (bicyclic) bond motifs is 1. The predicted octanol–water partition coefficient (Wildman–Crippen LogP) is 1.76. The second kappa shape index (κ2) is 6.21. The molecule has 0 saturated heterocycles. The number of nitrogens with zero attached hydrogens (tertiary/aromatic N) is 3. The van der Waals surface area contributed by atoms with Gasteiger partial charge in [-0.2, -0.15) is 5.10 Å². The highest BCUT2D eigenvalue weighted by atomic mass is 16.1. The van der Waals surface area contributed by atoms with Crippen LogP contribution >= 0.6 is 0 Å². The first-order chi connectivity index (χ1) is 11.8. The lowest BCUT2D eigenvalue weighted by Crippen LogP contribution is -2.28. The molecule has 0 atom stereocenters. The fourth-order valence-corrected chi connectivity index (χ4v) is 2.86. The standard InChI is InChI=1S/C17H16N6O/c24-17(11-4-8-20-13-5-7-18-9-12(11)13)22-15-10-21-23-16(15)14-3-1-2-6-19-14/h1-4,6,8,10,18H,5,7,9H2,(H,21,23)(H,22,24). The monoisotopic (exact) mass is 320 g/mol. The van der Waals surface area contributed by atoms with Gasteiger partial charge in [0.25, 0.3) is 5.91 Å². The lowest BCUT2D eigenvalue weighted by Gasteiger charge is -2.18. The molecular weight excluding hydrogens is 304 g/mol. The molecule has 7 heteroatoms. The number of pyridine rings is 2. The summed E-state index contributed by atoms with van der Waals surface area (Å²) in [4.78, 5) is 21.4. The van der Waals surface area contributed by atoms with E-state index in [9.17, 15) is 4.79 Å². The lowest BCUT2D eigenvalue weighted by atomic mass is 10.0. The fourth-order valence-electron chi connectivity index (χ4n) is 2.86. The maximum Gasteiger partial charge on any atom is 0.256 e. The van der Waals surface area contributed by atoms with Crippen LogP contribution < -0.4 is 10.6 Å². The van der Waals surface area contributed by atoms with Crippen LogP contribution in [0.25, 0.3) is 11.4 Å². The van der Waals surface area contributed by atoms with E-state index >= 15 is 0 Å². The number of anilines is 1. The maximum atomic E-state index is 12.7. The molecule has 4 heterocycles. The van der Waals surface area contributed by atoms with Crippen molar-refractivity contribution in [3.05, 3.63) is 59.7 Å². The average Bonchev–Trinajstić information content (AvgIpc) is 3.10. The van der Waals surface area contributed by atoms with Crippen LogP contribution in [0.5, 0.6) is 0 Å². The predicted molar refractivity (Wildman–Crippen MR) is 89.4 cm³/mol. The summed E-state index contributed by atoms with van der Waals surface area (Å²) in [5, 5.41) is 13.1. The second-order valence-corrected chi connectivity index (χ2v) is 5.54. The van der Waals surface area contributed by atoms with E-state index in [0.717, 1.165) is 29.9 Å². The quantitative estimate of drug-likeness (QED) is 0.683. The summed E-state index contributed by atoms with van der Waals surface area (Å²) in [5.74, 6) is -0.170. The Morgan fingerprint density at radius 3 is 3.00 bits per heavy atom. The number of carbonyl (C=O) groups excluding carboxylic acids is 1. The minimum Gasteiger partial charge on any atom is -0.319 e. The van der Waals surface area contributed by atoms with Crippen molar-refractivity contribution in [3.63, 3.8) is 0 Å². The Bertz CT molecular complexity index is 874. The van der Waals surface area contributed by atoms with Gasteiger partial charge in [0.05, 0.1) is 17.6 Å². The molecule has 1 aliphatic heterocycles. The molecule has 7 nitrogen and oxygen atoms in total. The molecule has 24 heavy (non-hydrogen) atoms. The lowest BCUT2D eigenvalue weighted by molar-refractivity contribution is 0.102. The Balaban J connectivity index is 1.64. The van der Waals surface area contributed by atoms with E-state index in [1.807, 2.05) is 18.2 Å². The molecule has 0 spiro atoms. The summed E-state index contributed by atoms with van der Waals surface area (Å²) < 4.78 is 0. The Kier molecular flexibility index (Phi) is 3.76. The number of H-pyrrole nitrogens is 1. The first-order valence-electron chi connectivity index (χ1n) is 7.76. The molecule has 0 fully saturated rings. The molecule has 0 aliphatic carbocycles. The Hall–Kier alpha value is -3.06. The van der Waals surface area contributed by atoms with E-state index in [-0.39, 0.29) is 5.91 Å². The van der Waals surface area contributed by atoms with Crippen LogP contribution in [-0.2, 0) is 13.0 Å². The molecule has 0 radical (unpaired) electrons. The van der Waals surface area contributed by atoms with Crippen LogP contribution in [0, 0.1) is 0 Å². The van der Waals surface area contributed by atoms with E-state index in [1.54, 1.807) is 24.7 Å². The second-order valence-electron chi connectivity index (χ2n) is 5.54. The number of hydrogen-bond donors (Lipinski definition) is 3. The summed E-state index contributed by atoms with van der Waals surface area (Å²) in [6.07, 6.45) is 5.82. The van der Waals surface area contributed by atoms with Crippen molar-refractivity contribution >= 4 is 11.6 Å². The molecule has 0 saturated carbocycles. The third-order valence-corrected chi connectivity index (χ3v) is 4.04.